The number of sulfone groups is 1. The van der Waals surface area contributed by atoms with Crippen LogP contribution < -0.4 is 0 Å². The summed E-state index contributed by atoms with van der Waals surface area (Å²) in [5.74, 6) is 0.138. The van der Waals surface area contributed by atoms with Crippen LogP contribution in [-0.4, -0.2) is 50.7 Å². The lowest BCUT2D eigenvalue weighted by Crippen LogP contribution is -2.34. The Morgan fingerprint density at radius 1 is 1.25 bits per heavy atom. The largest absolute Gasteiger partial charge is 0.260 e. The summed E-state index contributed by atoms with van der Waals surface area (Å²) in [5, 5.41) is -0.0781. The van der Waals surface area contributed by atoms with Gasteiger partial charge in [0.1, 0.15) is 0 Å². The molecule has 1 saturated heterocycles. The molecule has 0 radical (unpaired) electrons. The molecule has 6 nitrogen and oxygen atoms in total. The molecule has 0 spiro atoms. The maximum atomic E-state index is 12.4. The van der Waals surface area contributed by atoms with Crippen LogP contribution in [0.25, 0.3) is 0 Å². The van der Waals surface area contributed by atoms with Crippen LogP contribution in [-0.2, 0) is 25.7 Å². The van der Waals surface area contributed by atoms with Crippen LogP contribution >= 0.6 is 11.6 Å². The van der Waals surface area contributed by atoms with E-state index in [1.807, 2.05) is 0 Å². The van der Waals surface area contributed by atoms with Crippen molar-refractivity contribution in [3.8, 4) is 0 Å². The van der Waals surface area contributed by atoms with E-state index in [1.165, 1.54) is 16.6 Å². The van der Waals surface area contributed by atoms with Crippen LogP contribution in [0.3, 0.4) is 0 Å². The molecule has 0 unspecified atom stereocenters. The zero-order chi connectivity index (χ0) is 14.8. The van der Waals surface area contributed by atoms with Crippen molar-refractivity contribution in [3.63, 3.8) is 0 Å². The number of rotatable bonds is 3. The second kappa shape index (κ2) is 5.97. The van der Waals surface area contributed by atoms with Gasteiger partial charge in [0.2, 0.25) is 0 Å². The molecule has 9 heteroatoms. The van der Waals surface area contributed by atoms with Crippen molar-refractivity contribution in [2.45, 2.75) is 17.3 Å². The number of sulfonamides is 1. The molecule has 0 bridgehead atoms. The van der Waals surface area contributed by atoms with Gasteiger partial charge in [0, 0.05) is 25.2 Å². The van der Waals surface area contributed by atoms with Crippen LogP contribution in [0.4, 0.5) is 0 Å². The van der Waals surface area contributed by atoms with Crippen molar-refractivity contribution in [2.24, 2.45) is 0 Å². The minimum Gasteiger partial charge on any atom is -0.243 e. The molecular formula is C11H15ClN2O4S2. The molecule has 0 aromatic carbocycles. The molecule has 1 aromatic rings. The van der Waals surface area contributed by atoms with Gasteiger partial charge in [-0.1, -0.05) is 6.07 Å². The first-order valence-electron chi connectivity index (χ1n) is 6.07. The Morgan fingerprint density at radius 2 is 2.00 bits per heavy atom. The summed E-state index contributed by atoms with van der Waals surface area (Å²) in [7, 11) is -6.90. The molecule has 2 rings (SSSR count). The van der Waals surface area contributed by atoms with E-state index in [-0.39, 0.29) is 35.5 Å². The van der Waals surface area contributed by atoms with E-state index in [0.717, 1.165) is 5.56 Å². The van der Waals surface area contributed by atoms with Crippen molar-refractivity contribution in [1.29, 1.82) is 0 Å². The van der Waals surface area contributed by atoms with E-state index < -0.39 is 19.9 Å². The fraction of sp³-hybridized carbons (Fsp3) is 0.545. The first-order chi connectivity index (χ1) is 9.35. The highest BCUT2D eigenvalue weighted by atomic mass is 35.5. The molecule has 1 fully saturated rings. The molecule has 1 aliphatic rings. The summed E-state index contributed by atoms with van der Waals surface area (Å²) in [6.07, 6.45) is 1.72. The van der Waals surface area contributed by atoms with Crippen LogP contribution in [0, 0.1) is 0 Å². The molecule has 0 atom stereocenters. The first kappa shape index (κ1) is 15.7. The zero-order valence-electron chi connectivity index (χ0n) is 10.7. The van der Waals surface area contributed by atoms with Gasteiger partial charge in [-0.3, -0.25) is 0 Å². The molecule has 20 heavy (non-hydrogen) atoms. The quantitative estimate of drug-likeness (QED) is 0.755. The lowest BCUT2D eigenvalue weighted by atomic mass is 10.3. The third-order valence-electron chi connectivity index (χ3n) is 3.07. The highest BCUT2D eigenvalue weighted by Gasteiger charge is 2.29. The first-order valence-corrected chi connectivity index (χ1v) is 9.86. The van der Waals surface area contributed by atoms with Gasteiger partial charge in [0.25, 0.3) is 10.0 Å². The third kappa shape index (κ3) is 3.49. The van der Waals surface area contributed by atoms with E-state index in [0.29, 0.717) is 6.42 Å². The monoisotopic (exact) mass is 338 g/mol. The van der Waals surface area contributed by atoms with Gasteiger partial charge in [-0.2, -0.15) is 4.31 Å². The number of hydrogen-bond donors (Lipinski definition) is 0. The Hall–Kier alpha value is -0.700. The number of halogens is 1. The summed E-state index contributed by atoms with van der Waals surface area (Å²) < 4.78 is 49.0. The maximum absolute atomic E-state index is 12.4. The third-order valence-corrected chi connectivity index (χ3v) is 6.91. The molecule has 0 N–H and O–H groups in total. The highest BCUT2D eigenvalue weighted by molar-refractivity contribution is 7.91. The van der Waals surface area contributed by atoms with Gasteiger partial charge >= 0.3 is 0 Å². The van der Waals surface area contributed by atoms with Crippen LogP contribution in [0.15, 0.2) is 23.4 Å². The zero-order valence-corrected chi connectivity index (χ0v) is 13.1. The molecular weight excluding hydrogens is 324 g/mol. The number of nitrogens with zero attached hydrogens (tertiary/aromatic N) is 2. The number of alkyl halides is 1. The van der Waals surface area contributed by atoms with E-state index in [1.54, 1.807) is 6.07 Å². The predicted octanol–water partition coefficient (Wildman–Crippen LogP) is 0.630. The van der Waals surface area contributed by atoms with E-state index >= 15 is 0 Å². The second-order valence-electron chi connectivity index (χ2n) is 4.55. The maximum Gasteiger partial charge on any atom is 0.260 e. The minimum absolute atomic E-state index is 0.0242. The van der Waals surface area contributed by atoms with Gasteiger partial charge < -0.3 is 0 Å². The Kier molecular flexibility index (Phi) is 4.68. The van der Waals surface area contributed by atoms with Gasteiger partial charge in [-0.15, -0.1) is 11.6 Å². The average Bonchev–Trinajstić information content (AvgIpc) is 2.60. The van der Waals surface area contributed by atoms with Crippen molar-refractivity contribution in [3.05, 3.63) is 23.9 Å². The van der Waals surface area contributed by atoms with Gasteiger partial charge in [-0.25, -0.2) is 21.8 Å². The smallest absolute Gasteiger partial charge is 0.243 e. The molecule has 0 saturated carbocycles. The lowest BCUT2D eigenvalue weighted by Gasteiger charge is -2.18. The molecule has 0 amide bonds. The van der Waals surface area contributed by atoms with Crippen molar-refractivity contribution < 1.29 is 16.8 Å². The fourth-order valence-electron chi connectivity index (χ4n) is 1.93. The standard InChI is InChI=1S/C11H15ClN2O4S2/c12-8-10-2-3-11(13-9-10)20(17,18)14-4-1-6-19(15,16)7-5-14/h2-3,9H,1,4-8H2. The normalized spacial score (nSPS) is 20.4. The highest BCUT2D eigenvalue weighted by Crippen LogP contribution is 2.17. The summed E-state index contributed by atoms with van der Waals surface area (Å²) in [6.45, 7) is 0.171. The molecule has 0 aliphatic carbocycles. The van der Waals surface area contributed by atoms with E-state index in [9.17, 15) is 16.8 Å². The van der Waals surface area contributed by atoms with Crippen molar-refractivity contribution >= 4 is 31.5 Å². The summed E-state index contributed by atoms with van der Waals surface area (Å²) in [4.78, 5) is 3.90. The summed E-state index contributed by atoms with van der Waals surface area (Å²) in [6, 6.07) is 2.99. The molecule has 112 valence electrons. The van der Waals surface area contributed by atoms with Crippen molar-refractivity contribution in [2.75, 3.05) is 24.6 Å². The summed E-state index contributed by atoms with van der Waals surface area (Å²) >= 11 is 5.63. The summed E-state index contributed by atoms with van der Waals surface area (Å²) in [5.41, 5.74) is 0.726. The van der Waals surface area contributed by atoms with Gasteiger partial charge in [-0.05, 0) is 18.1 Å². The Labute approximate surface area is 123 Å². The molecule has 1 aliphatic heterocycles. The van der Waals surface area contributed by atoms with Gasteiger partial charge in [0.05, 0.1) is 11.5 Å². The van der Waals surface area contributed by atoms with E-state index in [2.05, 4.69) is 4.98 Å². The second-order valence-corrected chi connectivity index (χ2v) is 9.00. The SMILES string of the molecule is O=S1(=O)CCCN(S(=O)(=O)c2ccc(CCl)cn2)CC1. The topological polar surface area (TPSA) is 84.4 Å². The number of pyridine rings is 1. The van der Waals surface area contributed by atoms with Crippen molar-refractivity contribution in [1.82, 2.24) is 9.29 Å². The lowest BCUT2D eigenvalue weighted by molar-refractivity contribution is 0.432. The number of aromatic nitrogens is 1. The average molecular weight is 339 g/mol. The molecule has 2 heterocycles. The Bertz CT molecular complexity index is 671. The minimum atomic E-state index is -3.75. The van der Waals surface area contributed by atoms with Crippen LogP contribution in [0.1, 0.15) is 12.0 Å². The fourth-order valence-corrected chi connectivity index (χ4v) is 4.87. The Balaban J connectivity index is 2.25. The molecule has 1 aromatic heterocycles. The number of hydrogen-bond acceptors (Lipinski definition) is 5. The predicted molar refractivity (Wildman–Crippen MR) is 75.8 cm³/mol. The van der Waals surface area contributed by atoms with E-state index in [4.69, 9.17) is 11.6 Å². The van der Waals surface area contributed by atoms with Crippen LogP contribution in [0.5, 0.6) is 0 Å². The Morgan fingerprint density at radius 3 is 2.60 bits per heavy atom. The van der Waals surface area contributed by atoms with Crippen LogP contribution in [0.2, 0.25) is 0 Å². The van der Waals surface area contributed by atoms with Gasteiger partial charge in [0.15, 0.2) is 14.9 Å².